The number of anilines is 1. The second-order valence-electron chi connectivity index (χ2n) is 7.04. The molecule has 0 aliphatic carbocycles. The number of benzene rings is 2. The van der Waals surface area contributed by atoms with Crippen LogP contribution in [0, 0.1) is 5.82 Å². The van der Waals surface area contributed by atoms with Gasteiger partial charge in [-0.15, -0.1) is 0 Å². The molecular formula is C21H19ClF4N2O3. The van der Waals surface area contributed by atoms with Crippen molar-refractivity contribution in [2.75, 3.05) is 12.4 Å². The van der Waals surface area contributed by atoms with Gasteiger partial charge in [0.15, 0.2) is 0 Å². The Bertz CT molecular complexity index is 1030. The van der Waals surface area contributed by atoms with E-state index in [1.54, 1.807) is 0 Å². The van der Waals surface area contributed by atoms with Crippen molar-refractivity contribution >= 4 is 23.2 Å². The first-order valence-corrected chi connectivity index (χ1v) is 9.52. The van der Waals surface area contributed by atoms with E-state index in [0.717, 1.165) is 12.1 Å². The predicted molar refractivity (Wildman–Crippen MR) is 108 cm³/mol. The second kappa shape index (κ2) is 8.76. The van der Waals surface area contributed by atoms with Gasteiger partial charge in [-0.1, -0.05) is 24.2 Å². The number of aliphatic hydroxyl groups excluding tert-OH is 1. The van der Waals surface area contributed by atoms with E-state index in [0.29, 0.717) is 16.1 Å². The number of rotatable bonds is 7. The molecule has 1 aliphatic rings. The maximum absolute atomic E-state index is 14.1. The summed E-state index contributed by atoms with van der Waals surface area (Å²) in [6.07, 6.45) is -7.11. The van der Waals surface area contributed by atoms with Gasteiger partial charge in [0.25, 0.3) is 5.91 Å². The maximum Gasteiger partial charge on any atom is 0.412 e. The van der Waals surface area contributed by atoms with Crippen molar-refractivity contribution in [1.29, 1.82) is 0 Å². The van der Waals surface area contributed by atoms with Gasteiger partial charge in [-0.3, -0.25) is 4.79 Å². The lowest BCUT2D eigenvalue weighted by molar-refractivity contribution is -0.0969. The summed E-state index contributed by atoms with van der Waals surface area (Å²) in [5.41, 5.74) is -0.123. The number of alkyl halides is 3. The molecule has 2 unspecified atom stereocenters. The Morgan fingerprint density at radius 3 is 2.71 bits per heavy atom. The van der Waals surface area contributed by atoms with Gasteiger partial charge in [0.05, 0.1) is 19.3 Å². The molecular weight excluding hydrogens is 440 g/mol. The molecule has 0 spiro atoms. The number of carbonyl (C=O) groups excluding carboxylic acids is 1. The molecule has 0 fully saturated rings. The summed E-state index contributed by atoms with van der Waals surface area (Å²) >= 11 is 5.98. The first-order valence-electron chi connectivity index (χ1n) is 9.15. The predicted octanol–water partition coefficient (Wildman–Crippen LogP) is 4.75. The minimum absolute atomic E-state index is 0.104. The molecule has 0 radical (unpaired) electrons. The van der Waals surface area contributed by atoms with E-state index in [9.17, 15) is 27.5 Å². The lowest BCUT2D eigenvalue weighted by Crippen LogP contribution is -2.29. The Morgan fingerprint density at radius 2 is 2.06 bits per heavy atom. The smallest absolute Gasteiger partial charge is 0.412 e. The zero-order valence-corrected chi connectivity index (χ0v) is 17.1. The van der Waals surface area contributed by atoms with Gasteiger partial charge in [-0.2, -0.15) is 13.2 Å². The van der Waals surface area contributed by atoms with E-state index in [1.165, 1.54) is 25.3 Å². The number of hydrogen-bond donors (Lipinski definition) is 3. The van der Waals surface area contributed by atoms with Gasteiger partial charge in [-0.05, 0) is 24.3 Å². The van der Waals surface area contributed by atoms with Crippen LogP contribution in [0.1, 0.15) is 33.9 Å². The second-order valence-corrected chi connectivity index (χ2v) is 7.48. The van der Waals surface area contributed by atoms with Gasteiger partial charge < -0.3 is 20.5 Å². The standard InChI is InChI=1S/C21H19ClF4N2O3/c1-10(21(24,25)26)5-17(29)19(13-4-3-11(22)6-18(13)31-2)28-16-8-12(23)7-14-15(16)9-27-20(14)30/h3-4,6-8,17,19,28-29H,1,5,9H2,2H3,(H,27,30). The number of hydrogen-bond acceptors (Lipinski definition) is 4. The topological polar surface area (TPSA) is 70.6 Å². The van der Waals surface area contributed by atoms with E-state index in [2.05, 4.69) is 17.2 Å². The molecule has 1 amide bonds. The molecule has 0 saturated heterocycles. The van der Waals surface area contributed by atoms with Crippen LogP contribution in [0.4, 0.5) is 23.2 Å². The number of ether oxygens (including phenoxy) is 1. The average Bonchev–Trinajstić information content (AvgIpc) is 3.06. The van der Waals surface area contributed by atoms with Gasteiger partial charge in [-0.25, -0.2) is 4.39 Å². The van der Waals surface area contributed by atoms with Gasteiger partial charge in [0, 0.05) is 45.9 Å². The molecule has 1 aliphatic heterocycles. The van der Waals surface area contributed by atoms with Crippen LogP contribution in [0.25, 0.3) is 0 Å². The van der Waals surface area contributed by atoms with Crippen LogP contribution in [0.3, 0.4) is 0 Å². The molecule has 31 heavy (non-hydrogen) atoms. The fourth-order valence-electron chi connectivity index (χ4n) is 3.40. The van der Waals surface area contributed by atoms with Gasteiger partial charge >= 0.3 is 6.18 Å². The quantitative estimate of drug-likeness (QED) is 0.413. The Morgan fingerprint density at radius 1 is 1.35 bits per heavy atom. The molecule has 166 valence electrons. The number of aliphatic hydroxyl groups is 1. The molecule has 1 heterocycles. The molecule has 0 saturated carbocycles. The number of nitrogens with one attached hydrogen (secondary N) is 2. The van der Waals surface area contributed by atoms with Crippen LogP contribution in [0.5, 0.6) is 5.75 Å². The Labute approximate surface area is 180 Å². The van der Waals surface area contributed by atoms with Crippen molar-refractivity contribution < 1.29 is 32.2 Å². The number of halogens is 5. The molecule has 3 rings (SSSR count). The Hall–Kier alpha value is -2.78. The number of fused-ring (bicyclic) bond motifs is 1. The van der Waals surface area contributed by atoms with Crippen LogP contribution < -0.4 is 15.4 Å². The highest BCUT2D eigenvalue weighted by Gasteiger charge is 2.36. The third-order valence-corrected chi connectivity index (χ3v) is 5.20. The molecule has 2 atom stereocenters. The summed E-state index contributed by atoms with van der Waals surface area (Å²) in [5, 5.41) is 16.5. The zero-order valence-electron chi connectivity index (χ0n) is 16.3. The fourth-order valence-corrected chi connectivity index (χ4v) is 3.56. The highest BCUT2D eigenvalue weighted by molar-refractivity contribution is 6.30. The lowest BCUT2D eigenvalue weighted by atomic mass is 9.94. The number of carbonyl (C=O) groups is 1. The van der Waals surface area contributed by atoms with E-state index in [4.69, 9.17) is 16.3 Å². The monoisotopic (exact) mass is 458 g/mol. The van der Waals surface area contributed by atoms with E-state index in [-0.39, 0.29) is 23.5 Å². The zero-order chi connectivity index (χ0) is 22.9. The normalized spacial score (nSPS) is 15.1. The van der Waals surface area contributed by atoms with E-state index >= 15 is 0 Å². The molecule has 2 aromatic rings. The summed E-state index contributed by atoms with van der Waals surface area (Å²) < 4.78 is 58.4. The van der Waals surface area contributed by atoms with Crippen molar-refractivity contribution in [3.8, 4) is 5.75 Å². The maximum atomic E-state index is 14.1. The summed E-state index contributed by atoms with van der Waals surface area (Å²) in [6.45, 7) is 3.11. The molecule has 2 aromatic carbocycles. The minimum atomic E-state index is -4.69. The molecule has 10 heteroatoms. The molecule has 5 nitrogen and oxygen atoms in total. The number of methoxy groups -OCH3 is 1. The lowest BCUT2D eigenvalue weighted by Gasteiger charge is -2.29. The van der Waals surface area contributed by atoms with Crippen LogP contribution in [0.15, 0.2) is 42.5 Å². The summed E-state index contributed by atoms with van der Waals surface area (Å²) in [4.78, 5) is 11.9. The van der Waals surface area contributed by atoms with Crippen LogP contribution >= 0.6 is 11.6 Å². The van der Waals surface area contributed by atoms with Crippen LogP contribution in [-0.4, -0.2) is 30.4 Å². The van der Waals surface area contributed by atoms with Crippen molar-refractivity contribution in [3.63, 3.8) is 0 Å². The average molecular weight is 459 g/mol. The van der Waals surface area contributed by atoms with Crippen molar-refractivity contribution in [2.45, 2.75) is 31.3 Å². The first-order chi connectivity index (χ1) is 14.5. The van der Waals surface area contributed by atoms with Crippen LogP contribution in [0.2, 0.25) is 5.02 Å². The van der Waals surface area contributed by atoms with Crippen molar-refractivity contribution in [3.05, 3.63) is 70.0 Å². The van der Waals surface area contributed by atoms with Gasteiger partial charge in [0.2, 0.25) is 0 Å². The molecule has 0 bridgehead atoms. The SMILES string of the molecule is C=C(CC(O)C(Nc1cc(F)cc2c1CNC2=O)c1ccc(Cl)cc1OC)C(F)(F)F. The molecule has 0 aromatic heterocycles. The third-order valence-electron chi connectivity index (χ3n) is 4.97. The van der Waals surface area contributed by atoms with Crippen LogP contribution in [-0.2, 0) is 6.54 Å². The summed E-state index contributed by atoms with van der Waals surface area (Å²) in [7, 11) is 1.34. The highest BCUT2D eigenvalue weighted by Crippen LogP contribution is 2.38. The number of amides is 1. The van der Waals surface area contributed by atoms with Crippen molar-refractivity contribution in [2.24, 2.45) is 0 Å². The minimum Gasteiger partial charge on any atom is -0.496 e. The van der Waals surface area contributed by atoms with Crippen molar-refractivity contribution in [1.82, 2.24) is 5.32 Å². The van der Waals surface area contributed by atoms with E-state index < -0.39 is 42.0 Å². The molecule has 3 N–H and O–H groups in total. The third kappa shape index (κ3) is 4.94. The highest BCUT2D eigenvalue weighted by atomic mass is 35.5. The summed E-state index contributed by atoms with van der Waals surface area (Å²) in [6, 6.07) is 5.44. The first kappa shape index (κ1) is 22.9. The summed E-state index contributed by atoms with van der Waals surface area (Å²) in [5.74, 6) is -0.970. The fraction of sp³-hybridized carbons (Fsp3) is 0.286. The van der Waals surface area contributed by atoms with Gasteiger partial charge in [0.1, 0.15) is 11.6 Å². The Kier molecular flexibility index (Phi) is 6.47. The Balaban J connectivity index is 2.05. The largest absolute Gasteiger partial charge is 0.496 e. The van der Waals surface area contributed by atoms with E-state index in [1.807, 2.05) is 0 Å².